The predicted octanol–water partition coefficient (Wildman–Crippen LogP) is 1.83. The number of carbonyl (C=O) groups is 1. The zero-order chi connectivity index (χ0) is 15.8. The van der Waals surface area contributed by atoms with Crippen LogP contribution in [0.2, 0.25) is 0 Å². The Morgan fingerprint density at radius 1 is 1.13 bits per heavy atom. The minimum atomic E-state index is 0.162. The Kier molecular flexibility index (Phi) is 3.52. The Hall–Kier alpha value is -2.37. The Morgan fingerprint density at radius 2 is 1.87 bits per heavy atom. The van der Waals surface area contributed by atoms with Gasteiger partial charge >= 0.3 is 6.01 Å². The average Bonchev–Trinajstić information content (AvgIpc) is 3.29. The third-order valence-electron chi connectivity index (χ3n) is 4.71. The molecule has 4 rings (SSSR count). The van der Waals surface area contributed by atoms with Crippen molar-refractivity contribution in [3.05, 3.63) is 41.8 Å². The molecule has 2 atom stereocenters. The van der Waals surface area contributed by atoms with E-state index >= 15 is 0 Å². The quantitative estimate of drug-likeness (QED) is 0.865. The van der Waals surface area contributed by atoms with Gasteiger partial charge in [-0.2, -0.15) is 0 Å². The van der Waals surface area contributed by atoms with Crippen molar-refractivity contribution in [2.45, 2.75) is 19.3 Å². The van der Waals surface area contributed by atoms with Crippen LogP contribution in [0, 0.1) is 12.8 Å². The summed E-state index contributed by atoms with van der Waals surface area (Å²) in [5.41, 5.74) is 1.28. The van der Waals surface area contributed by atoms with Crippen LogP contribution in [0.4, 0.5) is 6.01 Å². The predicted molar refractivity (Wildman–Crippen MR) is 85.1 cm³/mol. The van der Waals surface area contributed by atoms with Crippen LogP contribution in [0.3, 0.4) is 0 Å². The van der Waals surface area contributed by atoms with E-state index in [2.05, 4.69) is 22.3 Å². The Bertz CT molecular complexity index is 692. The number of aromatic nitrogens is 2. The molecule has 1 aliphatic carbocycles. The van der Waals surface area contributed by atoms with E-state index in [1.54, 1.807) is 6.92 Å². The molecular weight excluding hydrogens is 292 g/mol. The molecule has 6 heteroatoms. The number of benzene rings is 1. The second kappa shape index (κ2) is 5.68. The van der Waals surface area contributed by atoms with Crippen molar-refractivity contribution >= 4 is 11.9 Å². The largest absolute Gasteiger partial charge is 0.408 e. The van der Waals surface area contributed by atoms with E-state index < -0.39 is 0 Å². The first-order valence-electron chi connectivity index (χ1n) is 8.11. The highest BCUT2D eigenvalue weighted by Gasteiger charge is 2.46. The summed E-state index contributed by atoms with van der Waals surface area (Å²) < 4.78 is 5.45. The molecule has 1 aromatic heterocycles. The number of hydrogen-bond donors (Lipinski definition) is 0. The molecule has 1 saturated heterocycles. The van der Waals surface area contributed by atoms with Crippen molar-refractivity contribution in [1.29, 1.82) is 0 Å². The third kappa shape index (κ3) is 2.81. The molecule has 0 N–H and O–H groups in total. The molecule has 2 aliphatic rings. The van der Waals surface area contributed by atoms with Gasteiger partial charge in [0.25, 0.3) is 0 Å². The van der Waals surface area contributed by atoms with Crippen molar-refractivity contribution in [1.82, 2.24) is 15.1 Å². The van der Waals surface area contributed by atoms with Crippen molar-refractivity contribution in [3.63, 3.8) is 0 Å². The minimum Gasteiger partial charge on any atom is -0.408 e. The summed E-state index contributed by atoms with van der Waals surface area (Å²) in [4.78, 5) is 16.7. The van der Waals surface area contributed by atoms with Crippen molar-refractivity contribution in [3.8, 4) is 0 Å². The second-order valence-corrected chi connectivity index (χ2v) is 6.28. The van der Waals surface area contributed by atoms with Gasteiger partial charge < -0.3 is 14.2 Å². The third-order valence-corrected chi connectivity index (χ3v) is 4.71. The van der Waals surface area contributed by atoms with Gasteiger partial charge in [0.1, 0.15) is 0 Å². The number of amides is 1. The standard InChI is InChI=1S/C17H20N4O2/c1-12-18-19-17(23-12)21-9-7-20(8-10-21)16(22)15-11-14(15)13-5-3-2-4-6-13/h2-6,14-15H,7-11H2,1H3. The zero-order valence-electron chi connectivity index (χ0n) is 13.2. The number of aryl methyl sites for hydroxylation is 1. The SMILES string of the molecule is Cc1nnc(N2CCN(C(=O)C3CC3c3ccccc3)CC2)o1. The topological polar surface area (TPSA) is 62.5 Å². The fourth-order valence-corrected chi connectivity index (χ4v) is 3.30. The molecular formula is C17H20N4O2. The monoisotopic (exact) mass is 312 g/mol. The first kappa shape index (κ1) is 14.2. The van der Waals surface area contributed by atoms with E-state index in [1.807, 2.05) is 28.0 Å². The van der Waals surface area contributed by atoms with Gasteiger partial charge in [-0.15, -0.1) is 5.10 Å². The van der Waals surface area contributed by atoms with E-state index in [0.717, 1.165) is 32.6 Å². The van der Waals surface area contributed by atoms with Crippen molar-refractivity contribution < 1.29 is 9.21 Å². The summed E-state index contributed by atoms with van der Waals surface area (Å²) in [5.74, 6) is 1.43. The summed E-state index contributed by atoms with van der Waals surface area (Å²) in [6.07, 6.45) is 0.978. The lowest BCUT2D eigenvalue weighted by Crippen LogP contribution is -2.49. The molecule has 120 valence electrons. The molecule has 1 aliphatic heterocycles. The molecule has 0 radical (unpaired) electrons. The highest BCUT2D eigenvalue weighted by atomic mass is 16.4. The summed E-state index contributed by atoms with van der Waals surface area (Å²) in [6, 6.07) is 10.9. The van der Waals surface area contributed by atoms with Gasteiger partial charge in [-0.05, 0) is 17.9 Å². The Labute approximate surface area is 135 Å². The lowest BCUT2D eigenvalue weighted by molar-refractivity contribution is -0.133. The summed E-state index contributed by atoms with van der Waals surface area (Å²) in [7, 11) is 0. The van der Waals surface area contributed by atoms with E-state index in [0.29, 0.717) is 23.7 Å². The van der Waals surface area contributed by atoms with Gasteiger partial charge in [0, 0.05) is 39.0 Å². The maximum atomic E-state index is 12.6. The molecule has 0 spiro atoms. The average molecular weight is 312 g/mol. The number of hydrogen-bond acceptors (Lipinski definition) is 5. The smallest absolute Gasteiger partial charge is 0.318 e. The van der Waals surface area contributed by atoms with Crippen LogP contribution in [0.5, 0.6) is 0 Å². The fourth-order valence-electron chi connectivity index (χ4n) is 3.30. The van der Waals surface area contributed by atoms with Gasteiger partial charge in [0.05, 0.1) is 0 Å². The molecule has 2 unspecified atom stereocenters. The number of carbonyl (C=O) groups excluding carboxylic acids is 1. The van der Waals surface area contributed by atoms with Crippen molar-refractivity contribution in [2.24, 2.45) is 5.92 Å². The van der Waals surface area contributed by atoms with E-state index in [-0.39, 0.29) is 5.92 Å². The molecule has 1 amide bonds. The van der Waals surface area contributed by atoms with Crippen LogP contribution in [-0.4, -0.2) is 47.2 Å². The van der Waals surface area contributed by atoms with Crippen LogP contribution in [0.15, 0.2) is 34.7 Å². The van der Waals surface area contributed by atoms with Gasteiger partial charge in [-0.1, -0.05) is 35.4 Å². The Balaban J connectivity index is 1.33. The molecule has 23 heavy (non-hydrogen) atoms. The summed E-state index contributed by atoms with van der Waals surface area (Å²) in [6.45, 7) is 4.72. The zero-order valence-corrected chi connectivity index (χ0v) is 13.2. The second-order valence-electron chi connectivity index (χ2n) is 6.28. The normalized spacial score (nSPS) is 23.9. The van der Waals surface area contributed by atoms with Gasteiger partial charge in [-0.25, -0.2) is 0 Å². The van der Waals surface area contributed by atoms with Crippen LogP contribution < -0.4 is 4.90 Å². The van der Waals surface area contributed by atoms with E-state index in [1.165, 1.54) is 5.56 Å². The number of rotatable bonds is 3. The van der Waals surface area contributed by atoms with Crippen LogP contribution in [-0.2, 0) is 4.79 Å². The first-order valence-corrected chi connectivity index (χ1v) is 8.11. The number of anilines is 1. The van der Waals surface area contributed by atoms with E-state index in [9.17, 15) is 4.79 Å². The van der Waals surface area contributed by atoms with Gasteiger partial charge in [0.2, 0.25) is 11.8 Å². The maximum Gasteiger partial charge on any atom is 0.318 e. The molecule has 1 aromatic carbocycles. The molecule has 2 aromatic rings. The molecule has 1 saturated carbocycles. The van der Waals surface area contributed by atoms with Crippen LogP contribution >= 0.6 is 0 Å². The first-order chi connectivity index (χ1) is 11.2. The van der Waals surface area contributed by atoms with Gasteiger partial charge in [0.15, 0.2) is 0 Å². The van der Waals surface area contributed by atoms with Crippen LogP contribution in [0.25, 0.3) is 0 Å². The lowest BCUT2D eigenvalue weighted by atomic mass is 10.1. The van der Waals surface area contributed by atoms with E-state index in [4.69, 9.17) is 4.42 Å². The highest BCUT2D eigenvalue weighted by molar-refractivity contribution is 5.83. The maximum absolute atomic E-state index is 12.6. The van der Waals surface area contributed by atoms with Gasteiger partial charge in [-0.3, -0.25) is 4.79 Å². The molecule has 2 heterocycles. The van der Waals surface area contributed by atoms with Crippen molar-refractivity contribution in [2.75, 3.05) is 31.1 Å². The minimum absolute atomic E-state index is 0.162. The summed E-state index contributed by atoms with van der Waals surface area (Å²) >= 11 is 0. The van der Waals surface area contributed by atoms with Crippen LogP contribution in [0.1, 0.15) is 23.8 Å². The Morgan fingerprint density at radius 3 is 2.52 bits per heavy atom. The fraction of sp³-hybridized carbons (Fsp3) is 0.471. The lowest BCUT2D eigenvalue weighted by Gasteiger charge is -2.33. The molecule has 2 fully saturated rings. The number of piperazine rings is 1. The summed E-state index contributed by atoms with van der Waals surface area (Å²) in [5, 5.41) is 7.90. The highest BCUT2D eigenvalue weighted by Crippen LogP contribution is 2.48. The molecule has 6 nitrogen and oxygen atoms in total. The number of nitrogens with zero attached hydrogens (tertiary/aromatic N) is 4. The molecule has 0 bridgehead atoms.